The molecule has 19 heavy (non-hydrogen) atoms. The lowest BCUT2D eigenvalue weighted by molar-refractivity contribution is -0.0522. The van der Waals surface area contributed by atoms with Crippen molar-refractivity contribution in [3.63, 3.8) is 0 Å². The van der Waals surface area contributed by atoms with Gasteiger partial charge in [0, 0.05) is 12.6 Å². The molecule has 102 valence electrons. The van der Waals surface area contributed by atoms with Crippen LogP contribution < -0.4 is 0 Å². The van der Waals surface area contributed by atoms with Crippen molar-refractivity contribution in [3.8, 4) is 0 Å². The molecule has 0 bridgehead atoms. The molecule has 0 N–H and O–H groups in total. The van der Waals surface area contributed by atoms with Gasteiger partial charge in [-0.1, -0.05) is 12.1 Å². The fraction of sp³-hybridized carbons (Fsp3) is 0.533. The van der Waals surface area contributed by atoms with Crippen molar-refractivity contribution >= 4 is 5.78 Å². The van der Waals surface area contributed by atoms with E-state index < -0.39 is 5.82 Å². The number of hydrogen-bond acceptors (Lipinski definition) is 3. The Labute approximate surface area is 112 Å². The Balaban J connectivity index is 1.71. The van der Waals surface area contributed by atoms with E-state index in [0.29, 0.717) is 19.2 Å². The molecule has 2 unspecified atom stereocenters. The van der Waals surface area contributed by atoms with E-state index in [2.05, 4.69) is 4.90 Å². The summed E-state index contributed by atoms with van der Waals surface area (Å²) in [6.45, 7) is 1.73. The number of morpholine rings is 1. The average molecular weight is 263 g/mol. The van der Waals surface area contributed by atoms with E-state index in [1.165, 1.54) is 6.07 Å². The summed E-state index contributed by atoms with van der Waals surface area (Å²) in [4.78, 5) is 14.4. The molecule has 2 atom stereocenters. The van der Waals surface area contributed by atoms with Crippen LogP contribution in [0.2, 0.25) is 0 Å². The van der Waals surface area contributed by atoms with Gasteiger partial charge in [0.25, 0.3) is 0 Å². The lowest BCUT2D eigenvalue weighted by atomic mass is 10.1. The third-order valence-corrected chi connectivity index (χ3v) is 4.12. The van der Waals surface area contributed by atoms with Crippen LogP contribution in [-0.2, 0) is 4.74 Å². The number of ether oxygens (including phenoxy) is 1. The Morgan fingerprint density at radius 1 is 1.37 bits per heavy atom. The maximum absolute atomic E-state index is 13.6. The number of benzene rings is 1. The normalized spacial score (nSPS) is 27.2. The molecule has 1 saturated carbocycles. The van der Waals surface area contributed by atoms with Crippen molar-refractivity contribution in [1.29, 1.82) is 0 Å². The fourth-order valence-corrected chi connectivity index (χ4v) is 3.16. The van der Waals surface area contributed by atoms with Crippen LogP contribution in [0.25, 0.3) is 0 Å². The summed E-state index contributed by atoms with van der Waals surface area (Å²) < 4.78 is 19.3. The Morgan fingerprint density at radius 2 is 2.21 bits per heavy atom. The molecule has 2 aliphatic rings. The monoisotopic (exact) mass is 263 g/mol. The van der Waals surface area contributed by atoms with Crippen molar-refractivity contribution in [2.45, 2.75) is 31.4 Å². The van der Waals surface area contributed by atoms with Gasteiger partial charge in [-0.3, -0.25) is 9.69 Å². The second kappa shape index (κ2) is 5.39. The molecule has 4 heteroatoms. The van der Waals surface area contributed by atoms with Crippen LogP contribution in [0.5, 0.6) is 0 Å². The van der Waals surface area contributed by atoms with Gasteiger partial charge in [-0.15, -0.1) is 0 Å². The molecule has 3 rings (SSSR count). The summed E-state index contributed by atoms with van der Waals surface area (Å²) in [5.41, 5.74) is 0.198. The van der Waals surface area contributed by atoms with Crippen LogP contribution in [0, 0.1) is 5.82 Å². The van der Waals surface area contributed by atoms with E-state index in [4.69, 9.17) is 4.74 Å². The van der Waals surface area contributed by atoms with Gasteiger partial charge in [0.2, 0.25) is 0 Å². The second-order valence-electron chi connectivity index (χ2n) is 5.28. The van der Waals surface area contributed by atoms with Gasteiger partial charge in [0.15, 0.2) is 5.78 Å². The quantitative estimate of drug-likeness (QED) is 0.783. The third-order valence-electron chi connectivity index (χ3n) is 4.12. The zero-order chi connectivity index (χ0) is 13.2. The lowest BCUT2D eigenvalue weighted by Crippen LogP contribution is -2.50. The van der Waals surface area contributed by atoms with Crippen LogP contribution in [-0.4, -0.2) is 42.5 Å². The molecule has 1 aromatic rings. The molecule has 0 amide bonds. The first-order valence-corrected chi connectivity index (χ1v) is 6.89. The molecular weight excluding hydrogens is 245 g/mol. The number of nitrogens with zero attached hydrogens (tertiary/aromatic N) is 1. The van der Waals surface area contributed by atoms with Crippen LogP contribution >= 0.6 is 0 Å². The molecule has 0 radical (unpaired) electrons. The number of fused-ring (bicyclic) bond motifs is 1. The van der Waals surface area contributed by atoms with Gasteiger partial charge < -0.3 is 4.74 Å². The Kier molecular flexibility index (Phi) is 3.62. The number of Topliss-reactive ketones (excluding diaryl/α,β-unsaturated/α-hetero) is 1. The molecule has 0 aromatic heterocycles. The SMILES string of the molecule is O=C(CN1CCOC2CCCC21)c1ccccc1F. The van der Waals surface area contributed by atoms with Crippen molar-refractivity contribution in [1.82, 2.24) is 4.90 Å². The Bertz CT molecular complexity index is 477. The molecular formula is C15H18FNO2. The number of carbonyl (C=O) groups is 1. The molecule has 1 aliphatic carbocycles. The van der Waals surface area contributed by atoms with Gasteiger partial charge in [0.1, 0.15) is 5.82 Å². The minimum Gasteiger partial charge on any atom is -0.375 e. The van der Waals surface area contributed by atoms with Crippen LogP contribution in [0.1, 0.15) is 29.6 Å². The van der Waals surface area contributed by atoms with E-state index >= 15 is 0 Å². The second-order valence-corrected chi connectivity index (χ2v) is 5.28. The fourth-order valence-electron chi connectivity index (χ4n) is 3.16. The number of halogens is 1. The van der Waals surface area contributed by atoms with Crippen LogP contribution in [0.4, 0.5) is 4.39 Å². The average Bonchev–Trinajstić information content (AvgIpc) is 2.88. The predicted molar refractivity (Wildman–Crippen MR) is 69.7 cm³/mol. The molecule has 2 fully saturated rings. The number of ketones is 1. The van der Waals surface area contributed by atoms with Crippen molar-refractivity contribution in [2.24, 2.45) is 0 Å². The smallest absolute Gasteiger partial charge is 0.179 e. The lowest BCUT2D eigenvalue weighted by Gasteiger charge is -2.37. The minimum absolute atomic E-state index is 0.134. The maximum Gasteiger partial charge on any atom is 0.179 e. The van der Waals surface area contributed by atoms with Crippen molar-refractivity contribution < 1.29 is 13.9 Å². The van der Waals surface area contributed by atoms with Gasteiger partial charge in [0.05, 0.1) is 24.8 Å². The summed E-state index contributed by atoms with van der Waals surface area (Å²) >= 11 is 0. The Morgan fingerprint density at radius 3 is 3.05 bits per heavy atom. The summed E-state index contributed by atoms with van der Waals surface area (Å²) in [7, 11) is 0. The van der Waals surface area contributed by atoms with E-state index in [9.17, 15) is 9.18 Å². The summed E-state index contributed by atoms with van der Waals surface area (Å²) in [6, 6.07) is 6.54. The standard InChI is InChI=1S/C15H18FNO2/c16-12-5-2-1-4-11(12)14(18)10-17-8-9-19-15-7-3-6-13(15)17/h1-2,4-5,13,15H,3,6-10H2. The van der Waals surface area contributed by atoms with Crippen molar-refractivity contribution in [3.05, 3.63) is 35.6 Å². The van der Waals surface area contributed by atoms with E-state index in [1.807, 2.05) is 0 Å². The van der Waals surface area contributed by atoms with E-state index in [-0.39, 0.29) is 17.5 Å². The highest BCUT2D eigenvalue weighted by molar-refractivity contribution is 5.97. The van der Waals surface area contributed by atoms with E-state index in [0.717, 1.165) is 25.8 Å². The summed E-state index contributed by atoms with van der Waals surface area (Å²) in [5, 5.41) is 0. The number of carbonyl (C=O) groups excluding carboxylic acids is 1. The van der Waals surface area contributed by atoms with E-state index in [1.54, 1.807) is 18.2 Å². The molecule has 1 aliphatic heterocycles. The largest absolute Gasteiger partial charge is 0.375 e. The van der Waals surface area contributed by atoms with Gasteiger partial charge >= 0.3 is 0 Å². The predicted octanol–water partition coefficient (Wildman–Crippen LogP) is 2.26. The molecule has 3 nitrogen and oxygen atoms in total. The maximum atomic E-state index is 13.6. The summed E-state index contributed by atoms with van der Waals surface area (Å²) in [5.74, 6) is -0.561. The third kappa shape index (κ3) is 2.55. The molecule has 1 heterocycles. The zero-order valence-electron chi connectivity index (χ0n) is 10.8. The van der Waals surface area contributed by atoms with Crippen LogP contribution in [0.15, 0.2) is 24.3 Å². The highest BCUT2D eigenvalue weighted by atomic mass is 19.1. The van der Waals surface area contributed by atoms with Crippen LogP contribution in [0.3, 0.4) is 0 Å². The topological polar surface area (TPSA) is 29.5 Å². The molecule has 1 aromatic carbocycles. The first kappa shape index (κ1) is 12.8. The minimum atomic E-state index is -0.427. The summed E-state index contributed by atoms with van der Waals surface area (Å²) in [6.07, 6.45) is 3.58. The van der Waals surface area contributed by atoms with Crippen molar-refractivity contribution in [2.75, 3.05) is 19.7 Å². The zero-order valence-corrected chi connectivity index (χ0v) is 10.8. The first-order chi connectivity index (χ1) is 9.25. The highest BCUT2D eigenvalue weighted by Gasteiger charge is 2.36. The highest BCUT2D eigenvalue weighted by Crippen LogP contribution is 2.29. The van der Waals surface area contributed by atoms with Gasteiger partial charge in [-0.2, -0.15) is 0 Å². The number of rotatable bonds is 3. The molecule has 0 spiro atoms. The Hall–Kier alpha value is -1.26. The van der Waals surface area contributed by atoms with Gasteiger partial charge in [-0.25, -0.2) is 4.39 Å². The van der Waals surface area contributed by atoms with Gasteiger partial charge in [-0.05, 0) is 31.4 Å². The molecule has 1 saturated heterocycles. The first-order valence-electron chi connectivity index (χ1n) is 6.89. The number of hydrogen-bond donors (Lipinski definition) is 0.